The molecule has 2 aromatic rings. The Balaban J connectivity index is 1.85. The highest BCUT2D eigenvalue weighted by Gasteiger charge is 2.03. The van der Waals surface area contributed by atoms with Gasteiger partial charge in [0.2, 0.25) is 0 Å². The molecule has 1 aromatic heterocycles. The predicted molar refractivity (Wildman–Crippen MR) is 75.7 cm³/mol. The Morgan fingerprint density at radius 3 is 2.72 bits per heavy atom. The number of nitrogen functional groups attached to an aromatic ring is 1. The van der Waals surface area contributed by atoms with Crippen LogP contribution in [0.5, 0.6) is 0 Å². The molecule has 0 bridgehead atoms. The molecule has 4 heteroatoms. The Hall–Kier alpha value is -1.97. The molecule has 0 fully saturated rings. The van der Waals surface area contributed by atoms with Crippen LogP contribution in [0.25, 0.3) is 0 Å². The van der Waals surface area contributed by atoms with E-state index in [9.17, 15) is 0 Å². The zero-order valence-corrected chi connectivity index (χ0v) is 11.0. The van der Waals surface area contributed by atoms with E-state index in [-0.39, 0.29) is 0 Å². The highest BCUT2D eigenvalue weighted by atomic mass is 15.3. The van der Waals surface area contributed by atoms with Gasteiger partial charge >= 0.3 is 0 Å². The Morgan fingerprint density at radius 1 is 1.28 bits per heavy atom. The van der Waals surface area contributed by atoms with Gasteiger partial charge in [0.05, 0.1) is 0 Å². The molecule has 0 aliphatic rings. The summed E-state index contributed by atoms with van der Waals surface area (Å²) in [4.78, 5) is 2.28. The molecular formula is C14H20N4. The molecule has 1 aromatic carbocycles. The zero-order valence-electron chi connectivity index (χ0n) is 11.0. The third-order valence-corrected chi connectivity index (χ3v) is 3.07. The molecule has 0 aliphatic heterocycles. The minimum Gasteiger partial charge on any atom is -0.382 e. The summed E-state index contributed by atoms with van der Waals surface area (Å²) in [6.45, 7) is 4.04. The van der Waals surface area contributed by atoms with Crippen molar-refractivity contribution in [3.05, 3.63) is 42.1 Å². The Morgan fingerprint density at radius 2 is 2.06 bits per heavy atom. The number of benzene rings is 1. The number of aromatic nitrogens is 2. The second-order valence-corrected chi connectivity index (χ2v) is 4.57. The monoisotopic (exact) mass is 244 g/mol. The first-order valence-electron chi connectivity index (χ1n) is 6.22. The van der Waals surface area contributed by atoms with Gasteiger partial charge in [-0.15, -0.1) is 0 Å². The lowest BCUT2D eigenvalue weighted by Gasteiger charge is -2.21. The Labute approximate surface area is 108 Å². The van der Waals surface area contributed by atoms with Crippen molar-refractivity contribution in [2.75, 3.05) is 24.2 Å². The summed E-state index contributed by atoms with van der Waals surface area (Å²) in [5.41, 5.74) is 8.18. The van der Waals surface area contributed by atoms with Crippen LogP contribution in [0.4, 0.5) is 11.5 Å². The average Bonchev–Trinajstić information content (AvgIpc) is 2.75. The smallest absolute Gasteiger partial charge is 0.145 e. The van der Waals surface area contributed by atoms with Crippen LogP contribution in [-0.2, 0) is 6.54 Å². The molecule has 18 heavy (non-hydrogen) atoms. The van der Waals surface area contributed by atoms with E-state index in [1.807, 2.05) is 16.9 Å². The van der Waals surface area contributed by atoms with Gasteiger partial charge in [-0.05, 0) is 31.0 Å². The molecular weight excluding hydrogens is 224 g/mol. The maximum absolute atomic E-state index is 5.58. The summed E-state index contributed by atoms with van der Waals surface area (Å²) < 4.78 is 1.89. The van der Waals surface area contributed by atoms with Crippen LogP contribution < -0.4 is 10.6 Å². The second-order valence-electron chi connectivity index (χ2n) is 4.57. The molecule has 2 rings (SSSR count). The summed E-state index contributed by atoms with van der Waals surface area (Å²) in [7, 11) is 2.12. The number of rotatable bonds is 5. The number of nitrogens with two attached hydrogens (primary N) is 1. The van der Waals surface area contributed by atoms with E-state index in [4.69, 9.17) is 5.73 Å². The quantitative estimate of drug-likeness (QED) is 0.878. The van der Waals surface area contributed by atoms with Crippen LogP contribution in [0.2, 0.25) is 0 Å². The van der Waals surface area contributed by atoms with Crippen LogP contribution in [0, 0.1) is 6.92 Å². The maximum Gasteiger partial charge on any atom is 0.145 e. The van der Waals surface area contributed by atoms with Crippen molar-refractivity contribution in [2.45, 2.75) is 19.9 Å². The number of hydrogen-bond acceptors (Lipinski definition) is 3. The van der Waals surface area contributed by atoms with Crippen molar-refractivity contribution in [3.63, 3.8) is 0 Å². The molecule has 0 saturated carbocycles. The zero-order chi connectivity index (χ0) is 13.0. The molecule has 0 amide bonds. The number of para-hydroxylation sites is 1. The van der Waals surface area contributed by atoms with Gasteiger partial charge in [-0.3, -0.25) is 4.68 Å². The van der Waals surface area contributed by atoms with Crippen LogP contribution in [0.1, 0.15) is 12.0 Å². The third kappa shape index (κ3) is 3.03. The number of nitrogens with zero attached hydrogens (tertiary/aromatic N) is 3. The average molecular weight is 244 g/mol. The number of aryl methyl sites for hydroxylation is 2. The lowest BCUT2D eigenvalue weighted by atomic mass is 10.2. The largest absolute Gasteiger partial charge is 0.382 e. The van der Waals surface area contributed by atoms with E-state index in [0.29, 0.717) is 5.82 Å². The summed E-state index contributed by atoms with van der Waals surface area (Å²) in [6, 6.07) is 10.3. The fourth-order valence-corrected chi connectivity index (χ4v) is 2.08. The van der Waals surface area contributed by atoms with E-state index >= 15 is 0 Å². The normalized spacial score (nSPS) is 10.6. The molecule has 2 N–H and O–H groups in total. The molecule has 4 nitrogen and oxygen atoms in total. The van der Waals surface area contributed by atoms with Crippen molar-refractivity contribution in [2.24, 2.45) is 0 Å². The highest BCUT2D eigenvalue weighted by molar-refractivity contribution is 5.52. The van der Waals surface area contributed by atoms with Crippen molar-refractivity contribution >= 4 is 11.5 Å². The molecule has 0 atom stereocenters. The molecule has 0 spiro atoms. The Bertz CT molecular complexity index is 504. The minimum atomic E-state index is 0.585. The van der Waals surface area contributed by atoms with Gasteiger partial charge in [-0.2, -0.15) is 5.10 Å². The Kier molecular flexibility index (Phi) is 3.87. The maximum atomic E-state index is 5.58. The fourth-order valence-electron chi connectivity index (χ4n) is 2.08. The first-order chi connectivity index (χ1) is 8.66. The molecule has 96 valence electrons. The van der Waals surface area contributed by atoms with E-state index < -0.39 is 0 Å². The molecule has 1 heterocycles. The summed E-state index contributed by atoms with van der Waals surface area (Å²) in [5.74, 6) is 0.585. The van der Waals surface area contributed by atoms with E-state index in [0.717, 1.165) is 19.5 Å². The van der Waals surface area contributed by atoms with Gasteiger partial charge in [-0.1, -0.05) is 18.2 Å². The standard InChI is InChI=1S/C14H20N4/c1-12-6-3-4-7-13(12)17(2)9-5-10-18-11-8-14(15)16-18/h3-4,6-8,11H,5,9-10H2,1-2H3,(H2,15,16). The van der Waals surface area contributed by atoms with Crippen LogP contribution >= 0.6 is 0 Å². The fraction of sp³-hybridized carbons (Fsp3) is 0.357. The second kappa shape index (κ2) is 5.58. The summed E-state index contributed by atoms with van der Waals surface area (Å²) >= 11 is 0. The molecule has 0 saturated heterocycles. The molecule has 0 aliphatic carbocycles. The van der Waals surface area contributed by atoms with E-state index in [2.05, 4.69) is 48.2 Å². The van der Waals surface area contributed by atoms with Crippen molar-refractivity contribution < 1.29 is 0 Å². The first kappa shape index (κ1) is 12.5. The van der Waals surface area contributed by atoms with E-state index in [1.165, 1.54) is 11.3 Å². The summed E-state index contributed by atoms with van der Waals surface area (Å²) in [5, 5.41) is 4.17. The van der Waals surface area contributed by atoms with Crippen LogP contribution in [0.3, 0.4) is 0 Å². The van der Waals surface area contributed by atoms with Gasteiger partial charge in [0, 0.05) is 32.0 Å². The van der Waals surface area contributed by atoms with Crippen molar-refractivity contribution in [1.82, 2.24) is 9.78 Å². The van der Waals surface area contributed by atoms with Gasteiger partial charge in [0.25, 0.3) is 0 Å². The van der Waals surface area contributed by atoms with Gasteiger partial charge in [0.15, 0.2) is 0 Å². The van der Waals surface area contributed by atoms with Crippen molar-refractivity contribution in [3.8, 4) is 0 Å². The lowest BCUT2D eigenvalue weighted by molar-refractivity contribution is 0.580. The van der Waals surface area contributed by atoms with Gasteiger partial charge < -0.3 is 10.6 Å². The SMILES string of the molecule is Cc1ccccc1N(C)CCCn1ccc(N)n1. The van der Waals surface area contributed by atoms with Crippen LogP contribution in [0.15, 0.2) is 36.5 Å². The lowest BCUT2D eigenvalue weighted by Crippen LogP contribution is -2.20. The van der Waals surface area contributed by atoms with Gasteiger partial charge in [0.1, 0.15) is 5.82 Å². The third-order valence-electron chi connectivity index (χ3n) is 3.07. The number of anilines is 2. The van der Waals surface area contributed by atoms with Crippen LogP contribution in [-0.4, -0.2) is 23.4 Å². The molecule has 0 radical (unpaired) electrons. The topological polar surface area (TPSA) is 47.1 Å². The molecule has 0 unspecified atom stereocenters. The van der Waals surface area contributed by atoms with E-state index in [1.54, 1.807) is 0 Å². The van der Waals surface area contributed by atoms with Gasteiger partial charge in [-0.25, -0.2) is 0 Å². The first-order valence-corrected chi connectivity index (χ1v) is 6.22. The minimum absolute atomic E-state index is 0.585. The number of hydrogen-bond donors (Lipinski definition) is 1. The van der Waals surface area contributed by atoms with Crippen molar-refractivity contribution in [1.29, 1.82) is 0 Å². The summed E-state index contributed by atoms with van der Waals surface area (Å²) in [6.07, 6.45) is 2.97. The predicted octanol–water partition coefficient (Wildman–Crippen LogP) is 2.30. The highest BCUT2D eigenvalue weighted by Crippen LogP contribution is 2.17.